The van der Waals surface area contributed by atoms with Gasteiger partial charge in [-0.15, -0.1) is 0 Å². The maximum atomic E-state index is 14.0. The van der Waals surface area contributed by atoms with Crippen LogP contribution in [0.25, 0.3) is 11.1 Å². The standard InChI is InChI=1S/C52H68N2O9Si/c1-34-22-21-23-37-30-39(59-8)31-45(49(37)60-9)54-47(55)32-38(58-7)24-15-13-12-14-16-29-46(35(2)48(34)63-64(10,11)52(4,5)6)62-50(56)36(3)53-51(57)61-33-44-42-27-19-17-25-40(42)41-26-18-20-28-43(41)44/h12-20,22,24-28,30-31,35-36,38,44,46,48H,21,23,29,32-33H2,1-11H3,(H,53,57)(H,54,55)/b13-12-,16-14-,24-15-,34-22-/t35-,36+,38-,46-,48-/m0/s1. The summed E-state index contributed by atoms with van der Waals surface area (Å²) in [5.74, 6) is -0.0810. The molecule has 2 bridgehead atoms. The molecule has 3 aromatic carbocycles. The lowest BCUT2D eigenvalue weighted by Crippen LogP contribution is -2.48. The Bertz CT molecular complexity index is 2180. The van der Waals surface area contributed by atoms with Crippen molar-refractivity contribution in [1.82, 2.24) is 5.32 Å². The topological polar surface area (TPSA) is 131 Å². The first-order chi connectivity index (χ1) is 30.5. The molecule has 0 spiro atoms. The average molecular weight is 893 g/mol. The van der Waals surface area contributed by atoms with Gasteiger partial charge in [0.05, 0.1) is 38.5 Å². The van der Waals surface area contributed by atoms with Gasteiger partial charge in [0.15, 0.2) is 8.32 Å². The van der Waals surface area contributed by atoms with Crippen molar-refractivity contribution in [2.24, 2.45) is 5.92 Å². The van der Waals surface area contributed by atoms with Gasteiger partial charge in [0.25, 0.3) is 0 Å². The molecule has 0 aromatic heterocycles. The Kier molecular flexibility index (Phi) is 17.4. The van der Waals surface area contributed by atoms with Gasteiger partial charge in [-0.1, -0.05) is 119 Å². The van der Waals surface area contributed by atoms with Crippen LogP contribution in [-0.4, -0.2) is 78.6 Å². The molecule has 2 N–H and O–H groups in total. The number of nitrogens with one attached hydrogen (secondary N) is 2. The third-order valence-corrected chi connectivity index (χ3v) is 17.1. The van der Waals surface area contributed by atoms with Crippen molar-refractivity contribution in [2.45, 2.75) is 116 Å². The number of hydrogen-bond donors (Lipinski definition) is 2. The molecule has 0 saturated heterocycles. The summed E-state index contributed by atoms with van der Waals surface area (Å²) in [4.78, 5) is 40.5. The minimum absolute atomic E-state index is 0.0867. The Hall–Kier alpha value is -5.43. The number of carbonyl (C=O) groups excluding carboxylic acids is 3. The van der Waals surface area contributed by atoms with E-state index in [1.165, 1.54) is 0 Å². The molecule has 64 heavy (non-hydrogen) atoms. The highest BCUT2D eigenvalue weighted by Crippen LogP contribution is 2.45. The highest BCUT2D eigenvalue weighted by atomic mass is 28.4. The van der Waals surface area contributed by atoms with Gasteiger partial charge in [-0.3, -0.25) is 4.79 Å². The molecule has 5 atom stereocenters. The molecule has 2 amide bonds. The van der Waals surface area contributed by atoms with E-state index in [9.17, 15) is 14.4 Å². The molecule has 0 radical (unpaired) electrons. The third-order valence-electron chi connectivity index (χ3n) is 12.6. The van der Waals surface area contributed by atoms with Crippen molar-refractivity contribution in [3.05, 3.63) is 125 Å². The molecule has 0 unspecified atom stereocenters. The lowest BCUT2D eigenvalue weighted by atomic mass is 9.90. The first-order valence-electron chi connectivity index (χ1n) is 22.2. The number of ether oxygens (including phenoxy) is 5. The molecule has 1 aliphatic carbocycles. The molecule has 3 aromatic rings. The number of amides is 2. The normalized spacial score (nSPS) is 22.7. The average Bonchev–Trinajstić information content (AvgIpc) is 3.58. The fourth-order valence-corrected chi connectivity index (χ4v) is 9.28. The van der Waals surface area contributed by atoms with Crippen LogP contribution in [0, 0.1) is 5.92 Å². The van der Waals surface area contributed by atoms with Gasteiger partial charge in [-0.05, 0) is 78.7 Å². The zero-order chi connectivity index (χ0) is 46.6. The van der Waals surface area contributed by atoms with Crippen LogP contribution in [0.4, 0.5) is 10.5 Å². The van der Waals surface area contributed by atoms with Crippen LogP contribution >= 0.6 is 0 Å². The molecular formula is C52H68N2O9Si. The fraction of sp³-hybridized carbons (Fsp3) is 0.442. The SMILES string of the molecule is COc1cc2c(OC)c(c1)NC(=O)C[C@@H](OC)\C=C/C=C\C=C/C[C@H](OC(=O)[C@@H](C)NC(=O)OCC1c3ccccc3-c3ccccc31)[C@H](C)[C@@H](O[Si](C)(C)C(C)(C)C)/C(C)=C\CC2. The molecule has 344 valence electrons. The van der Waals surface area contributed by atoms with Gasteiger partial charge >= 0.3 is 12.1 Å². The number of aryl methyl sites for hydroxylation is 1. The maximum Gasteiger partial charge on any atom is 0.407 e. The zero-order valence-corrected chi connectivity index (χ0v) is 40.5. The van der Waals surface area contributed by atoms with E-state index in [0.29, 0.717) is 36.4 Å². The van der Waals surface area contributed by atoms with Crippen LogP contribution in [0.1, 0.15) is 83.4 Å². The number of alkyl carbamates (subject to hydrolysis) is 1. The first-order valence-corrected chi connectivity index (χ1v) is 25.1. The monoisotopic (exact) mass is 892 g/mol. The van der Waals surface area contributed by atoms with Crippen molar-refractivity contribution >= 4 is 32.0 Å². The Morgan fingerprint density at radius 3 is 2.20 bits per heavy atom. The van der Waals surface area contributed by atoms with Crippen molar-refractivity contribution in [3.63, 3.8) is 0 Å². The number of benzene rings is 3. The Labute approximate surface area is 381 Å². The number of methoxy groups -OCH3 is 3. The van der Waals surface area contributed by atoms with Gasteiger partial charge in [0.2, 0.25) is 5.91 Å². The van der Waals surface area contributed by atoms with Gasteiger partial charge in [-0.25, -0.2) is 9.59 Å². The van der Waals surface area contributed by atoms with E-state index in [2.05, 4.69) is 88.7 Å². The summed E-state index contributed by atoms with van der Waals surface area (Å²) in [6.45, 7) is 16.9. The fourth-order valence-electron chi connectivity index (χ4n) is 7.89. The second-order valence-electron chi connectivity index (χ2n) is 18.1. The number of esters is 1. The number of fused-ring (bicyclic) bond motifs is 5. The zero-order valence-electron chi connectivity index (χ0n) is 39.5. The molecular weight excluding hydrogens is 825 g/mol. The lowest BCUT2D eigenvalue weighted by Gasteiger charge is -2.42. The highest BCUT2D eigenvalue weighted by Gasteiger charge is 2.42. The molecule has 0 saturated carbocycles. The number of rotatable bonds is 10. The van der Waals surface area contributed by atoms with Crippen LogP contribution in [0.3, 0.4) is 0 Å². The van der Waals surface area contributed by atoms with E-state index in [1.807, 2.05) is 66.8 Å². The molecule has 1 heterocycles. The van der Waals surface area contributed by atoms with Crippen LogP contribution in [0.5, 0.6) is 11.5 Å². The van der Waals surface area contributed by atoms with Gasteiger partial charge in [0.1, 0.15) is 30.3 Å². The molecule has 1 aliphatic heterocycles. The number of carbonyl (C=O) groups is 3. The van der Waals surface area contributed by atoms with Gasteiger partial charge in [-0.2, -0.15) is 0 Å². The summed E-state index contributed by atoms with van der Waals surface area (Å²) in [6, 6.07) is 19.0. The number of hydrogen-bond acceptors (Lipinski definition) is 9. The predicted molar refractivity (Wildman–Crippen MR) is 256 cm³/mol. The van der Waals surface area contributed by atoms with Crippen LogP contribution in [0.15, 0.2) is 109 Å². The van der Waals surface area contributed by atoms with Crippen molar-refractivity contribution < 1.29 is 42.5 Å². The number of anilines is 1. The van der Waals surface area contributed by atoms with Gasteiger partial charge < -0.3 is 38.7 Å². The molecule has 12 heteroatoms. The van der Waals surface area contributed by atoms with E-state index in [-0.39, 0.29) is 35.8 Å². The summed E-state index contributed by atoms with van der Waals surface area (Å²) in [5, 5.41) is 5.63. The molecule has 5 rings (SSSR count). The van der Waals surface area contributed by atoms with Crippen molar-refractivity contribution in [3.8, 4) is 22.6 Å². The molecule has 2 aliphatic rings. The van der Waals surface area contributed by atoms with E-state index < -0.39 is 44.7 Å². The summed E-state index contributed by atoms with van der Waals surface area (Å²) in [6.07, 6.45) is 12.9. The van der Waals surface area contributed by atoms with Gasteiger partial charge in [0, 0.05) is 37.0 Å². The smallest absolute Gasteiger partial charge is 0.407 e. The summed E-state index contributed by atoms with van der Waals surface area (Å²) in [7, 11) is 2.36. The number of allylic oxidation sites excluding steroid dienone is 5. The highest BCUT2D eigenvalue weighted by molar-refractivity contribution is 6.74. The Balaban J connectivity index is 1.41. The van der Waals surface area contributed by atoms with Crippen molar-refractivity contribution in [1.29, 1.82) is 0 Å². The summed E-state index contributed by atoms with van der Waals surface area (Å²) in [5.41, 5.74) is 6.85. The largest absolute Gasteiger partial charge is 0.497 e. The van der Waals surface area contributed by atoms with Crippen LogP contribution < -0.4 is 20.1 Å². The summed E-state index contributed by atoms with van der Waals surface area (Å²) < 4.78 is 36.4. The van der Waals surface area contributed by atoms with Crippen LogP contribution in [-0.2, 0) is 34.6 Å². The van der Waals surface area contributed by atoms with E-state index in [0.717, 1.165) is 33.4 Å². The predicted octanol–water partition coefficient (Wildman–Crippen LogP) is 10.9. The molecule has 11 nitrogen and oxygen atoms in total. The van der Waals surface area contributed by atoms with Crippen molar-refractivity contribution in [2.75, 3.05) is 33.3 Å². The van der Waals surface area contributed by atoms with E-state index >= 15 is 0 Å². The Morgan fingerprint density at radius 1 is 0.922 bits per heavy atom. The van der Waals surface area contributed by atoms with E-state index in [1.54, 1.807) is 34.3 Å². The minimum atomic E-state index is -2.38. The quantitative estimate of drug-likeness (QED) is 0.116. The minimum Gasteiger partial charge on any atom is -0.497 e. The van der Waals surface area contributed by atoms with E-state index in [4.69, 9.17) is 28.1 Å². The first kappa shape index (κ1) is 49.6. The Morgan fingerprint density at radius 2 is 1.58 bits per heavy atom. The second-order valence-corrected chi connectivity index (χ2v) is 22.9. The summed E-state index contributed by atoms with van der Waals surface area (Å²) >= 11 is 0. The maximum absolute atomic E-state index is 14.0. The lowest BCUT2D eigenvalue weighted by molar-refractivity contribution is -0.154. The third kappa shape index (κ3) is 12.6. The van der Waals surface area contributed by atoms with Crippen LogP contribution in [0.2, 0.25) is 18.1 Å². The molecule has 0 fully saturated rings. The second kappa shape index (κ2) is 22.5.